The number of rotatable bonds is 8. The summed E-state index contributed by atoms with van der Waals surface area (Å²) in [5, 5.41) is 5.86. The summed E-state index contributed by atoms with van der Waals surface area (Å²) in [7, 11) is 3.12. The van der Waals surface area contributed by atoms with Crippen LogP contribution in [0.5, 0.6) is 11.5 Å². The molecule has 28 heavy (non-hydrogen) atoms. The number of anilines is 1. The zero-order valence-corrected chi connectivity index (χ0v) is 17.0. The molecule has 9 heteroatoms. The number of nitrogens with zero attached hydrogens (tertiary/aromatic N) is 3. The van der Waals surface area contributed by atoms with E-state index in [-0.39, 0.29) is 18.5 Å². The second-order valence-electron chi connectivity index (χ2n) is 6.35. The predicted molar refractivity (Wildman–Crippen MR) is 107 cm³/mol. The maximum Gasteiger partial charge on any atom is 0.325 e. The number of hydrogen-bond acceptors (Lipinski definition) is 6. The SMILES string of the molecule is COc1ccc(N2CCN(CC(=O)NCCc3csc(C)n3)C2=O)cc1OC. The van der Waals surface area contributed by atoms with Crippen LogP contribution in [0, 0.1) is 6.92 Å². The molecule has 1 aromatic heterocycles. The minimum atomic E-state index is -0.197. The van der Waals surface area contributed by atoms with Gasteiger partial charge in [-0.25, -0.2) is 9.78 Å². The van der Waals surface area contributed by atoms with Crippen LogP contribution in [0.25, 0.3) is 0 Å². The summed E-state index contributed by atoms with van der Waals surface area (Å²) in [4.78, 5) is 32.4. The molecule has 2 aromatic rings. The Morgan fingerprint density at radius 2 is 2.04 bits per heavy atom. The first-order chi connectivity index (χ1) is 13.5. The maximum atomic E-state index is 12.7. The number of aryl methyl sites for hydroxylation is 1. The average molecular weight is 404 g/mol. The van der Waals surface area contributed by atoms with Crippen molar-refractivity contribution in [2.24, 2.45) is 0 Å². The average Bonchev–Trinajstić information content (AvgIpc) is 3.27. The Labute approximate surface area is 168 Å². The summed E-state index contributed by atoms with van der Waals surface area (Å²) in [5.74, 6) is 0.986. The Bertz CT molecular complexity index is 854. The highest BCUT2D eigenvalue weighted by atomic mass is 32.1. The molecule has 1 N–H and O–H groups in total. The topological polar surface area (TPSA) is 84.0 Å². The lowest BCUT2D eigenvalue weighted by atomic mass is 10.2. The maximum absolute atomic E-state index is 12.7. The minimum Gasteiger partial charge on any atom is -0.493 e. The molecule has 1 aliphatic heterocycles. The number of thiazole rings is 1. The molecule has 0 spiro atoms. The Morgan fingerprint density at radius 3 is 2.71 bits per heavy atom. The van der Waals surface area contributed by atoms with Crippen LogP contribution in [-0.2, 0) is 11.2 Å². The van der Waals surface area contributed by atoms with Gasteiger partial charge in [0.15, 0.2) is 11.5 Å². The van der Waals surface area contributed by atoms with Crippen LogP contribution in [0.2, 0.25) is 0 Å². The largest absolute Gasteiger partial charge is 0.493 e. The number of benzene rings is 1. The molecule has 150 valence electrons. The van der Waals surface area contributed by atoms with Gasteiger partial charge >= 0.3 is 6.03 Å². The number of methoxy groups -OCH3 is 2. The van der Waals surface area contributed by atoms with Gasteiger partial charge in [-0.3, -0.25) is 9.69 Å². The first-order valence-corrected chi connectivity index (χ1v) is 9.86. The standard InChI is InChI=1S/C19H24N4O4S/c1-13-21-14(12-28-13)6-7-20-18(24)11-22-8-9-23(19(22)25)15-4-5-16(26-2)17(10-15)27-3/h4-5,10,12H,6-9,11H2,1-3H3,(H,20,24). The molecule has 1 fully saturated rings. The van der Waals surface area contributed by atoms with Crippen molar-refractivity contribution in [3.8, 4) is 11.5 Å². The van der Waals surface area contributed by atoms with Crippen molar-refractivity contribution in [2.45, 2.75) is 13.3 Å². The Morgan fingerprint density at radius 1 is 1.25 bits per heavy atom. The molecule has 0 bridgehead atoms. The van der Waals surface area contributed by atoms with Gasteiger partial charge in [-0.05, 0) is 19.1 Å². The van der Waals surface area contributed by atoms with Gasteiger partial charge in [0, 0.05) is 43.2 Å². The quantitative estimate of drug-likeness (QED) is 0.728. The molecule has 0 atom stereocenters. The van der Waals surface area contributed by atoms with Crippen molar-refractivity contribution in [3.05, 3.63) is 34.3 Å². The van der Waals surface area contributed by atoms with Crippen LogP contribution in [-0.4, -0.2) is 62.2 Å². The van der Waals surface area contributed by atoms with E-state index in [2.05, 4.69) is 10.3 Å². The van der Waals surface area contributed by atoms with Crippen molar-refractivity contribution >= 4 is 29.0 Å². The summed E-state index contributed by atoms with van der Waals surface area (Å²) in [6, 6.07) is 5.13. The van der Waals surface area contributed by atoms with E-state index in [1.165, 1.54) is 0 Å². The lowest BCUT2D eigenvalue weighted by Crippen LogP contribution is -2.40. The van der Waals surface area contributed by atoms with Gasteiger partial charge < -0.3 is 19.7 Å². The molecule has 0 unspecified atom stereocenters. The van der Waals surface area contributed by atoms with E-state index >= 15 is 0 Å². The number of carbonyl (C=O) groups is 2. The van der Waals surface area contributed by atoms with E-state index < -0.39 is 0 Å². The van der Waals surface area contributed by atoms with Gasteiger partial charge in [0.1, 0.15) is 6.54 Å². The lowest BCUT2D eigenvalue weighted by Gasteiger charge is -2.19. The summed E-state index contributed by atoms with van der Waals surface area (Å²) < 4.78 is 10.5. The second-order valence-corrected chi connectivity index (χ2v) is 7.42. The number of urea groups is 1. The van der Waals surface area contributed by atoms with Crippen molar-refractivity contribution in [3.63, 3.8) is 0 Å². The molecule has 0 saturated carbocycles. The van der Waals surface area contributed by atoms with Gasteiger partial charge in [-0.15, -0.1) is 11.3 Å². The number of nitrogens with one attached hydrogen (secondary N) is 1. The molecule has 1 saturated heterocycles. The minimum absolute atomic E-state index is 0.0404. The van der Waals surface area contributed by atoms with Gasteiger partial charge in [0.05, 0.1) is 24.9 Å². The monoisotopic (exact) mass is 404 g/mol. The smallest absolute Gasteiger partial charge is 0.325 e. The zero-order chi connectivity index (χ0) is 20.1. The molecule has 3 rings (SSSR count). The first kappa shape index (κ1) is 19.9. The highest BCUT2D eigenvalue weighted by Gasteiger charge is 2.31. The Balaban J connectivity index is 1.52. The highest BCUT2D eigenvalue weighted by Crippen LogP contribution is 2.32. The fourth-order valence-corrected chi connectivity index (χ4v) is 3.69. The lowest BCUT2D eigenvalue weighted by molar-refractivity contribution is -0.121. The number of ether oxygens (including phenoxy) is 2. The van der Waals surface area contributed by atoms with Gasteiger partial charge in [-0.2, -0.15) is 0 Å². The molecular formula is C19H24N4O4S. The number of aromatic nitrogens is 1. The van der Waals surface area contributed by atoms with E-state index in [0.29, 0.717) is 43.2 Å². The van der Waals surface area contributed by atoms with Gasteiger partial charge in [-0.1, -0.05) is 0 Å². The number of carbonyl (C=O) groups excluding carboxylic acids is 2. The molecule has 1 aromatic carbocycles. The summed E-state index contributed by atoms with van der Waals surface area (Å²) in [5.41, 5.74) is 1.68. The van der Waals surface area contributed by atoms with E-state index in [0.717, 1.165) is 10.7 Å². The first-order valence-electron chi connectivity index (χ1n) is 8.98. The summed E-state index contributed by atoms with van der Waals surface area (Å²) >= 11 is 1.59. The van der Waals surface area contributed by atoms with Crippen molar-refractivity contribution < 1.29 is 19.1 Å². The van der Waals surface area contributed by atoms with E-state index in [9.17, 15) is 9.59 Å². The van der Waals surface area contributed by atoms with Gasteiger partial charge in [0.2, 0.25) is 5.91 Å². The van der Waals surface area contributed by atoms with Crippen LogP contribution in [0.1, 0.15) is 10.7 Å². The normalized spacial score (nSPS) is 13.8. The molecule has 1 aliphatic rings. The van der Waals surface area contributed by atoms with Crippen molar-refractivity contribution in [1.82, 2.24) is 15.2 Å². The van der Waals surface area contributed by atoms with Crippen molar-refractivity contribution in [2.75, 3.05) is 45.3 Å². The predicted octanol–water partition coefficient (Wildman–Crippen LogP) is 2.07. The van der Waals surface area contributed by atoms with Crippen LogP contribution in [0.3, 0.4) is 0 Å². The summed E-state index contributed by atoms with van der Waals surface area (Å²) in [6.07, 6.45) is 0.682. The fourth-order valence-electron chi connectivity index (χ4n) is 3.04. The molecule has 0 radical (unpaired) electrons. The van der Waals surface area contributed by atoms with Gasteiger partial charge in [0.25, 0.3) is 0 Å². The summed E-state index contributed by atoms with van der Waals surface area (Å²) in [6.45, 7) is 3.50. The molecule has 0 aliphatic carbocycles. The second kappa shape index (κ2) is 8.92. The molecule has 8 nitrogen and oxygen atoms in total. The van der Waals surface area contributed by atoms with Crippen LogP contribution in [0.15, 0.2) is 23.6 Å². The van der Waals surface area contributed by atoms with E-state index in [1.807, 2.05) is 12.3 Å². The van der Waals surface area contributed by atoms with E-state index in [1.54, 1.807) is 53.6 Å². The van der Waals surface area contributed by atoms with Crippen LogP contribution < -0.4 is 19.7 Å². The zero-order valence-electron chi connectivity index (χ0n) is 16.2. The molecular weight excluding hydrogens is 380 g/mol. The molecule has 3 amide bonds. The number of hydrogen-bond donors (Lipinski definition) is 1. The molecule has 2 heterocycles. The van der Waals surface area contributed by atoms with Crippen LogP contribution >= 0.6 is 11.3 Å². The third-order valence-corrected chi connectivity index (χ3v) is 5.30. The Hall–Kier alpha value is -2.81. The third-order valence-electron chi connectivity index (χ3n) is 4.48. The van der Waals surface area contributed by atoms with Crippen LogP contribution in [0.4, 0.5) is 10.5 Å². The highest BCUT2D eigenvalue weighted by molar-refractivity contribution is 7.09. The van der Waals surface area contributed by atoms with Crippen molar-refractivity contribution in [1.29, 1.82) is 0 Å². The number of amides is 3. The Kier molecular flexibility index (Phi) is 6.35. The van der Waals surface area contributed by atoms with E-state index in [4.69, 9.17) is 9.47 Å². The third kappa shape index (κ3) is 4.53. The fraction of sp³-hybridized carbons (Fsp3) is 0.421.